The predicted octanol–water partition coefficient (Wildman–Crippen LogP) is 1.31. The highest BCUT2D eigenvalue weighted by molar-refractivity contribution is 5.74. The Bertz CT molecular complexity index is 1420. The van der Waals surface area contributed by atoms with E-state index < -0.39 is 11.2 Å². The summed E-state index contributed by atoms with van der Waals surface area (Å²) in [6, 6.07) is 7.29. The minimum Gasteiger partial charge on any atom is -0.342 e. The quantitative estimate of drug-likeness (QED) is 0.385. The van der Waals surface area contributed by atoms with Gasteiger partial charge in [-0.15, -0.1) is 0 Å². The van der Waals surface area contributed by atoms with Gasteiger partial charge in [0.1, 0.15) is 5.82 Å². The number of imidazole rings is 1. The van der Waals surface area contributed by atoms with Crippen molar-refractivity contribution in [3.8, 4) is 6.07 Å². The first kappa shape index (κ1) is 24.0. The lowest BCUT2D eigenvalue weighted by atomic mass is 10.1. The molecule has 11 nitrogen and oxygen atoms in total. The van der Waals surface area contributed by atoms with E-state index in [0.717, 1.165) is 24.0 Å². The lowest BCUT2D eigenvalue weighted by Gasteiger charge is -2.31. The van der Waals surface area contributed by atoms with Gasteiger partial charge in [-0.3, -0.25) is 13.9 Å². The van der Waals surface area contributed by atoms with Gasteiger partial charge in [-0.2, -0.15) is 10.2 Å². The van der Waals surface area contributed by atoms with Crippen molar-refractivity contribution in [3.63, 3.8) is 0 Å². The van der Waals surface area contributed by atoms with Crippen LogP contribution in [-0.2, 0) is 20.1 Å². The maximum Gasteiger partial charge on any atom is 0.332 e. The average Bonchev–Trinajstić information content (AvgIpc) is 3.24. The second-order valence-corrected chi connectivity index (χ2v) is 8.48. The molecule has 0 aliphatic carbocycles. The van der Waals surface area contributed by atoms with E-state index >= 15 is 0 Å². The van der Waals surface area contributed by atoms with Crippen molar-refractivity contribution in [2.45, 2.75) is 38.9 Å². The largest absolute Gasteiger partial charge is 0.342 e. The fourth-order valence-electron chi connectivity index (χ4n) is 4.29. The summed E-state index contributed by atoms with van der Waals surface area (Å²) in [5, 5.41) is 12.3. The van der Waals surface area contributed by atoms with Crippen LogP contribution >= 0.6 is 0 Å². The van der Waals surface area contributed by atoms with E-state index in [2.05, 4.69) is 15.2 Å². The van der Waals surface area contributed by atoms with Crippen molar-refractivity contribution in [2.24, 2.45) is 12.8 Å². The van der Waals surface area contributed by atoms with Crippen molar-refractivity contribution in [1.29, 1.82) is 5.26 Å². The van der Waals surface area contributed by atoms with Crippen LogP contribution in [0.1, 0.15) is 19.8 Å². The molecule has 0 amide bonds. The fraction of sp³-hybridized carbons (Fsp3) is 0.375. The second kappa shape index (κ2) is 10.4. The van der Waals surface area contributed by atoms with Gasteiger partial charge in [0.05, 0.1) is 12.6 Å². The average molecular weight is 476 g/mol. The Morgan fingerprint density at radius 1 is 1.34 bits per heavy atom. The van der Waals surface area contributed by atoms with Crippen molar-refractivity contribution in [1.82, 2.24) is 23.7 Å². The Morgan fingerprint density at radius 3 is 2.86 bits per heavy atom. The molecule has 0 radical (unpaired) electrons. The Labute approximate surface area is 202 Å². The Hall–Kier alpha value is -4.17. The molecule has 4 heterocycles. The van der Waals surface area contributed by atoms with Gasteiger partial charge in [-0.05, 0) is 31.9 Å². The Kier molecular flexibility index (Phi) is 7.12. The van der Waals surface area contributed by atoms with Crippen LogP contribution in [0.2, 0.25) is 0 Å². The summed E-state index contributed by atoms with van der Waals surface area (Å²) < 4.78 is 4.33. The van der Waals surface area contributed by atoms with E-state index in [9.17, 15) is 14.9 Å². The third-order valence-electron chi connectivity index (χ3n) is 6.00. The number of allylic oxidation sites excluding steroid dienone is 4. The normalized spacial score (nSPS) is 16.7. The zero-order valence-corrected chi connectivity index (χ0v) is 19.9. The molecule has 1 atom stereocenters. The van der Waals surface area contributed by atoms with Crippen LogP contribution in [-0.4, -0.2) is 42.8 Å². The number of hydrogen-bond acceptors (Lipinski definition) is 8. The van der Waals surface area contributed by atoms with Crippen molar-refractivity contribution in [2.75, 3.05) is 23.3 Å². The summed E-state index contributed by atoms with van der Waals surface area (Å²) in [6.45, 7) is 3.62. The summed E-state index contributed by atoms with van der Waals surface area (Å²) in [7, 11) is 1.60. The molecule has 4 rings (SSSR count). The molecule has 0 bridgehead atoms. The molecule has 0 aromatic carbocycles. The smallest absolute Gasteiger partial charge is 0.332 e. The number of fused-ring (bicyclic) bond motifs is 1. The van der Waals surface area contributed by atoms with E-state index in [4.69, 9.17) is 10.7 Å². The number of pyridine rings is 1. The van der Waals surface area contributed by atoms with Crippen LogP contribution in [0.4, 0.5) is 11.8 Å². The van der Waals surface area contributed by atoms with Gasteiger partial charge in [-0.25, -0.2) is 9.78 Å². The number of hydrogen-bond donors (Lipinski definition) is 2. The molecular weight excluding hydrogens is 446 g/mol. The van der Waals surface area contributed by atoms with Gasteiger partial charge in [-0.1, -0.05) is 18.2 Å². The number of aryl methyl sites for hydroxylation is 1. The van der Waals surface area contributed by atoms with Crippen LogP contribution in [0.15, 0.2) is 57.9 Å². The minimum absolute atomic E-state index is 0.0237. The SMILES string of the molecule is CC=CCn1c(N2CCCC(N)C2)nc2c1c(=O)n(CC(=CC#N)Nc1ccccn1)c(=O)n2C. The summed E-state index contributed by atoms with van der Waals surface area (Å²) in [5.41, 5.74) is 6.22. The molecular formula is C24H29N9O2. The molecule has 0 saturated carbocycles. The number of piperidine rings is 1. The summed E-state index contributed by atoms with van der Waals surface area (Å²) in [5.74, 6) is 1.12. The standard InChI is InChI=1S/C24H29N9O2/c1-3-4-14-32-20-21(29-23(32)31-13-7-8-17(26)15-31)30(2)24(35)33(22(20)34)16-18(10-11-25)28-19-9-5-6-12-27-19/h3-6,9-10,12,17H,7-8,13-16,26H2,1-2H3,(H,27,28). The van der Waals surface area contributed by atoms with Gasteiger partial charge in [0.25, 0.3) is 5.56 Å². The maximum absolute atomic E-state index is 13.7. The summed E-state index contributed by atoms with van der Waals surface area (Å²) in [6.07, 6.45) is 8.59. The van der Waals surface area contributed by atoms with Crippen LogP contribution < -0.4 is 27.2 Å². The zero-order valence-electron chi connectivity index (χ0n) is 19.9. The van der Waals surface area contributed by atoms with Gasteiger partial charge < -0.3 is 20.5 Å². The number of nitrogens with two attached hydrogens (primary N) is 1. The number of aromatic nitrogens is 5. The van der Waals surface area contributed by atoms with Gasteiger partial charge in [0, 0.05) is 50.7 Å². The maximum atomic E-state index is 13.7. The minimum atomic E-state index is -0.522. The molecule has 1 fully saturated rings. The molecule has 1 saturated heterocycles. The third kappa shape index (κ3) is 4.88. The number of nitriles is 1. The first-order chi connectivity index (χ1) is 16.9. The van der Waals surface area contributed by atoms with Crippen LogP contribution in [0.3, 0.4) is 0 Å². The van der Waals surface area contributed by atoms with E-state index in [1.165, 1.54) is 10.6 Å². The second-order valence-electron chi connectivity index (χ2n) is 8.48. The highest BCUT2D eigenvalue weighted by atomic mass is 16.2. The number of anilines is 2. The first-order valence-corrected chi connectivity index (χ1v) is 11.5. The highest BCUT2D eigenvalue weighted by Gasteiger charge is 2.26. The van der Waals surface area contributed by atoms with E-state index in [1.54, 1.807) is 31.4 Å². The molecule has 3 aromatic rings. The molecule has 3 N–H and O–H groups in total. The molecule has 182 valence electrons. The third-order valence-corrected chi connectivity index (χ3v) is 6.00. The van der Waals surface area contributed by atoms with E-state index in [-0.39, 0.29) is 12.6 Å². The molecule has 0 spiro atoms. The van der Waals surface area contributed by atoms with E-state index in [1.807, 2.05) is 29.7 Å². The first-order valence-electron chi connectivity index (χ1n) is 11.5. The molecule has 1 aliphatic rings. The number of nitrogens with one attached hydrogen (secondary N) is 1. The van der Waals surface area contributed by atoms with Crippen LogP contribution in [0.5, 0.6) is 0 Å². The topological polar surface area (TPSA) is 140 Å². The van der Waals surface area contributed by atoms with Crippen molar-refractivity contribution < 1.29 is 0 Å². The lowest BCUT2D eigenvalue weighted by molar-refractivity contribution is 0.495. The molecule has 35 heavy (non-hydrogen) atoms. The summed E-state index contributed by atoms with van der Waals surface area (Å²) in [4.78, 5) is 37.9. The van der Waals surface area contributed by atoms with Crippen LogP contribution in [0.25, 0.3) is 11.2 Å². The Morgan fingerprint density at radius 2 is 2.17 bits per heavy atom. The summed E-state index contributed by atoms with van der Waals surface area (Å²) >= 11 is 0. The van der Waals surface area contributed by atoms with E-state index in [0.29, 0.717) is 41.7 Å². The van der Waals surface area contributed by atoms with Gasteiger partial charge >= 0.3 is 5.69 Å². The molecule has 1 unspecified atom stereocenters. The Balaban J connectivity index is 1.85. The van der Waals surface area contributed by atoms with Crippen LogP contribution in [0, 0.1) is 11.3 Å². The van der Waals surface area contributed by atoms with Gasteiger partial charge in [0.2, 0.25) is 5.95 Å². The number of rotatable bonds is 7. The molecule has 3 aromatic heterocycles. The lowest BCUT2D eigenvalue weighted by Crippen LogP contribution is -2.44. The van der Waals surface area contributed by atoms with Crippen molar-refractivity contribution in [3.05, 3.63) is 69.2 Å². The zero-order chi connectivity index (χ0) is 24.9. The number of nitrogens with zero attached hydrogens (tertiary/aromatic N) is 7. The van der Waals surface area contributed by atoms with Crippen molar-refractivity contribution >= 4 is 22.9 Å². The monoisotopic (exact) mass is 475 g/mol. The molecule has 1 aliphatic heterocycles. The highest BCUT2D eigenvalue weighted by Crippen LogP contribution is 2.23. The van der Waals surface area contributed by atoms with Gasteiger partial charge in [0.15, 0.2) is 11.2 Å². The fourth-order valence-corrected chi connectivity index (χ4v) is 4.29. The predicted molar refractivity (Wildman–Crippen MR) is 135 cm³/mol. The molecule has 11 heteroatoms.